The van der Waals surface area contributed by atoms with Crippen molar-refractivity contribution in [3.8, 4) is 6.07 Å². The highest BCUT2D eigenvalue weighted by Gasteiger charge is 2.15. The fraction of sp³-hybridized carbons (Fsp3) is 0.111. The molecule has 0 aliphatic heterocycles. The molecule has 120 valence electrons. The zero-order chi connectivity index (χ0) is 17.1. The second kappa shape index (κ2) is 6.69. The van der Waals surface area contributed by atoms with E-state index in [1.165, 1.54) is 11.9 Å². The fourth-order valence-electron chi connectivity index (χ4n) is 2.56. The molecular weight excluding hydrogens is 320 g/mol. The van der Waals surface area contributed by atoms with Gasteiger partial charge in [-0.1, -0.05) is 12.1 Å². The number of hydrogen-bond donors (Lipinski definition) is 3. The van der Waals surface area contributed by atoms with Crippen molar-refractivity contribution in [2.75, 3.05) is 11.8 Å². The van der Waals surface area contributed by atoms with Crippen LogP contribution in [0.25, 0.3) is 10.9 Å². The zero-order valence-electron chi connectivity index (χ0n) is 13.3. The molecule has 0 radical (unpaired) electrons. The molecule has 1 heterocycles. The Morgan fingerprint density at radius 2 is 2.12 bits per heavy atom. The Balaban J connectivity index is 1.93. The normalized spacial score (nSPS) is 10.4. The molecule has 3 N–H and O–H groups in total. The van der Waals surface area contributed by atoms with Crippen LogP contribution in [0.2, 0.25) is 0 Å². The van der Waals surface area contributed by atoms with E-state index < -0.39 is 0 Å². The van der Waals surface area contributed by atoms with Gasteiger partial charge in [-0.3, -0.25) is 4.79 Å². The van der Waals surface area contributed by atoms with E-state index in [1.54, 1.807) is 19.3 Å². The lowest BCUT2D eigenvalue weighted by atomic mass is 10.1. The number of aromatic amines is 1. The van der Waals surface area contributed by atoms with Gasteiger partial charge in [0, 0.05) is 23.5 Å². The maximum absolute atomic E-state index is 12.0. The minimum absolute atomic E-state index is 0.115. The van der Waals surface area contributed by atoms with Crippen LogP contribution in [0.5, 0.6) is 0 Å². The molecule has 2 aromatic carbocycles. The third kappa shape index (κ3) is 2.94. The first-order chi connectivity index (χ1) is 11.6. The molecule has 0 spiro atoms. The highest BCUT2D eigenvalue weighted by molar-refractivity contribution is 8.00. The number of hydrogen-bond acceptors (Lipinski definition) is 4. The predicted molar refractivity (Wildman–Crippen MR) is 97.1 cm³/mol. The van der Waals surface area contributed by atoms with Crippen LogP contribution in [0.1, 0.15) is 21.5 Å². The number of aryl methyl sites for hydroxylation is 1. The number of H-pyrrole nitrogens is 1. The van der Waals surface area contributed by atoms with Crippen LogP contribution in [0, 0.1) is 18.3 Å². The van der Waals surface area contributed by atoms with Crippen LogP contribution in [-0.2, 0) is 0 Å². The summed E-state index contributed by atoms with van der Waals surface area (Å²) in [5.41, 5.74) is 4.06. The van der Waals surface area contributed by atoms with Gasteiger partial charge in [-0.05, 0) is 48.7 Å². The van der Waals surface area contributed by atoms with Gasteiger partial charge in [0.15, 0.2) is 0 Å². The van der Waals surface area contributed by atoms with Crippen LogP contribution >= 0.6 is 11.9 Å². The number of benzene rings is 2. The average Bonchev–Trinajstić information content (AvgIpc) is 3.07. The third-order valence-corrected chi connectivity index (χ3v) is 4.57. The largest absolute Gasteiger partial charge is 0.359 e. The summed E-state index contributed by atoms with van der Waals surface area (Å²) in [7, 11) is 1.62. The van der Waals surface area contributed by atoms with E-state index in [-0.39, 0.29) is 5.91 Å². The maximum Gasteiger partial charge on any atom is 0.253 e. The maximum atomic E-state index is 12.0. The lowest BCUT2D eigenvalue weighted by Crippen LogP contribution is -2.17. The van der Waals surface area contributed by atoms with E-state index in [0.29, 0.717) is 11.1 Å². The third-order valence-electron chi connectivity index (χ3n) is 3.76. The van der Waals surface area contributed by atoms with Crippen molar-refractivity contribution in [3.63, 3.8) is 0 Å². The number of aromatic nitrogens is 1. The first kappa shape index (κ1) is 16.0. The second-order valence-electron chi connectivity index (χ2n) is 5.31. The first-order valence-corrected chi connectivity index (χ1v) is 8.21. The molecule has 6 heteroatoms. The molecule has 0 bridgehead atoms. The molecule has 3 aromatic rings. The van der Waals surface area contributed by atoms with Gasteiger partial charge < -0.3 is 15.0 Å². The SMILES string of the molecule is CNC(=O)c1c[nH]c2c(NSc3cccc(C#N)c3)ccc(C)c12. The lowest BCUT2D eigenvalue weighted by Gasteiger charge is -2.09. The van der Waals surface area contributed by atoms with Gasteiger partial charge in [0.1, 0.15) is 0 Å². The summed E-state index contributed by atoms with van der Waals surface area (Å²) in [5, 5.41) is 12.5. The molecule has 1 amide bonds. The van der Waals surface area contributed by atoms with Gasteiger partial charge in [0.2, 0.25) is 0 Å². The summed E-state index contributed by atoms with van der Waals surface area (Å²) in [6.45, 7) is 1.98. The second-order valence-corrected chi connectivity index (χ2v) is 6.18. The van der Waals surface area contributed by atoms with E-state index in [2.05, 4.69) is 21.1 Å². The van der Waals surface area contributed by atoms with Gasteiger partial charge in [-0.2, -0.15) is 5.26 Å². The molecule has 3 rings (SSSR count). The summed E-state index contributed by atoms with van der Waals surface area (Å²) < 4.78 is 3.30. The molecule has 0 aliphatic rings. The molecular formula is C18H16N4OS. The average molecular weight is 336 g/mol. The molecule has 0 saturated heterocycles. The van der Waals surface area contributed by atoms with Gasteiger partial charge >= 0.3 is 0 Å². The van der Waals surface area contributed by atoms with Crippen molar-refractivity contribution in [3.05, 3.63) is 59.3 Å². The summed E-state index contributed by atoms with van der Waals surface area (Å²) in [4.78, 5) is 16.1. The van der Waals surface area contributed by atoms with Gasteiger partial charge in [0.05, 0.1) is 28.4 Å². The van der Waals surface area contributed by atoms with Crippen molar-refractivity contribution < 1.29 is 4.79 Å². The fourth-order valence-corrected chi connectivity index (χ4v) is 3.29. The number of amides is 1. The number of carbonyl (C=O) groups is 1. The molecule has 0 atom stereocenters. The minimum atomic E-state index is -0.115. The Morgan fingerprint density at radius 3 is 2.88 bits per heavy atom. The van der Waals surface area contributed by atoms with Crippen molar-refractivity contribution >= 4 is 34.4 Å². The standard InChI is InChI=1S/C18H16N4OS/c1-11-6-7-15(17-16(11)14(10-21-17)18(23)20-2)22-24-13-5-3-4-12(8-13)9-19/h3-8,10,21-22H,1-2H3,(H,20,23). The minimum Gasteiger partial charge on any atom is -0.359 e. The van der Waals surface area contributed by atoms with Crippen molar-refractivity contribution in [1.29, 1.82) is 5.26 Å². The number of carbonyl (C=O) groups excluding carboxylic acids is 1. The number of anilines is 1. The number of fused-ring (bicyclic) bond motifs is 1. The lowest BCUT2D eigenvalue weighted by molar-refractivity contribution is 0.0964. The Labute approximate surface area is 144 Å². The monoisotopic (exact) mass is 336 g/mol. The highest BCUT2D eigenvalue weighted by atomic mass is 32.2. The van der Waals surface area contributed by atoms with Crippen LogP contribution < -0.4 is 10.0 Å². The van der Waals surface area contributed by atoms with Crippen molar-refractivity contribution in [2.24, 2.45) is 0 Å². The predicted octanol–water partition coefficient (Wildman–Crippen LogP) is 3.83. The number of nitrogens with zero attached hydrogens (tertiary/aromatic N) is 1. The topological polar surface area (TPSA) is 80.7 Å². The Morgan fingerprint density at radius 1 is 1.29 bits per heavy atom. The number of rotatable bonds is 4. The summed E-state index contributed by atoms with van der Waals surface area (Å²) >= 11 is 1.43. The van der Waals surface area contributed by atoms with Crippen LogP contribution in [0.15, 0.2) is 47.5 Å². The van der Waals surface area contributed by atoms with Gasteiger partial charge in [-0.25, -0.2) is 0 Å². The molecule has 0 unspecified atom stereocenters. The smallest absolute Gasteiger partial charge is 0.253 e. The molecule has 0 aliphatic carbocycles. The summed E-state index contributed by atoms with van der Waals surface area (Å²) in [6.07, 6.45) is 1.72. The van der Waals surface area contributed by atoms with Crippen molar-refractivity contribution in [2.45, 2.75) is 11.8 Å². The van der Waals surface area contributed by atoms with Gasteiger partial charge in [-0.15, -0.1) is 0 Å². The van der Waals surface area contributed by atoms with Crippen molar-refractivity contribution in [1.82, 2.24) is 10.3 Å². The Hall–Kier alpha value is -2.91. The van der Waals surface area contributed by atoms with E-state index in [9.17, 15) is 4.79 Å². The summed E-state index contributed by atoms with van der Waals surface area (Å²) in [5.74, 6) is -0.115. The quantitative estimate of drug-likeness (QED) is 0.633. The van der Waals surface area contributed by atoms with Crippen LogP contribution in [-0.4, -0.2) is 17.9 Å². The highest BCUT2D eigenvalue weighted by Crippen LogP contribution is 2.31. The zero-order valence-corrected chi connectivity index (χ0v) is 14.1. The summed E-state index contributed by atoms with van der Waals surface area (Å²) in [6, 6.07) is 13.5. The van der Waals surface area contributed by atoms with Crippen LogP contribution in [0.3, 0.4) is 0 Å². The molecule has 0 fully saturated rings. The van der Waals surface area contributed by atoms with E-state index in [4.69, 9.17) is 5.26 Å². The van der Waals surface area contributed by atoms with Gasteiger partial charge in [0.25, 0.3) is 5.91 Å². The van der Waals surface area contributed by atoms with E-state index in [0.717, 1.165) is 27.0 Å². The van der Waals surface area contributed by atoms with E-state index >= 15 is 0 Å². The van der Waals surface area contributed by atoms with Crippen LogP contribution in [0.4, 0.5) is 5.69 Å². The Bertz CT molecular complexity index is 955. The molecule has 24 heavy (non-hydrogen) atoms. The van der Waals surface area contributed by atoms with E-state index in [1.807, 2.05) is 37.3 Å². The molecule has 5 nitrogen and oxygen atoms in total. The molecule has 0 saturated carbocycles. The molecule has 1 aromatic heterocycles. The number of nitriles is 1. The Kier molecular flexibility index (Phi) is 4.45. The first-order valence-electron chi connectivity index (χ1n) is 7.40. The number of nitrogens with one attached hydrogen (secondary N) is 3.